The van der Waals surface area contributed by atoms with Crippen LogP contribution in [-0.4, -0.2) is 68.0 Å². The highest BCUT2D eigenvalue weighted by molar-refractivity contribution is 5.97. The Labute approximate surface area is 199 Å². The first-order valence-electron chi connectivity index (χ1n) is 11.1. The second-order valence-corrected chi connectivity index (χ2v) is 8.97. The molecule has 0 radical (unpaired) electrons. The quantitative estimate of drug-likeness (QED) is 0.395. The Hall–Kier alpha value is -2.46. The number of methoxy groups -OCH3 is 2. The van der Waals surface area contributed by atoms with Crippen LogP contribution < -0.4 is 9.47 Å². The van der Waals surface area contributed by atoms with E-state index in [-0.39, 0.29) is 18.1 Å². The van der Waals surface area contributed by atoms with E-state index in [1.165, 1.54) is 46.3 Å². The molecule has 0 bridgehead atoms. The first-order valence-corrected chi connectivity index (χ1v) is 11.1. The van der Waals surface area contributed by atoms with Crippen LogP contribution in [-0.2, 0) is 18.9 Å². The third-order valence-electron chi connectivity index (χ3n) is 5.80. The standard InChI is InChI=1S/C25H33FO8/c1-15-25(4,26)11-10-18(27)22-19(33-24(2,3)34-22)9-7-8-16-12-17(30-6)13-20(31-14-29-5)21(16)23(28)32-15/h7-8,10-13,15,18-19,22,27H,9,14H2,1-6H3/b8-7?,11-10-/t15?,18?,19-,22?,25?/m0/s1. The molecule has 0 aliphatic carbocycles. The van der Waals surface area contributed by atoms with Gasteiger partial charge in [0.2, 0.25) is 0 Å². The van der Waals surface area contributed by atoms with Gasteiger partial charge in [-0.25, -0.2) is 9.18 Å². The topological polar surface area (TPSA) is 92.7 Å². The van der Waals surface area contributed by atoms with Crippen LogP contribution in [0.4, 0.5) is 4.39 Å². The second-order valence-electron chi connectivity index (χ2n) is 8.97. The van der Waals surface area contributed by atoms with Crippen molar-refractivity contribution in [2.75, 3.05) is 21.0 Å². The highest BCUT2D eigenvalue weighted by atomic mass is 19.1. The van der Waals surface area contributed by atoms with E-state index in [1.54, 1.807) is 32.1 Å². The monoisotopic (exact) mass is 480 g/mol. The third kappa shape index (κ3) is 5.96. The Morgan fingerprint density at radius 1 is 1.21 bits per heavy atom. The molecule has 0 saturated carbocycles. The van der Waals surface area contributed by atoms with Crippen molar-refractivity contribution in [3.63, 3.8) is 0 Å². The molecule has 2 aliphatic heterocycles. The molecule has 0 aromatic heterocycles. The maximum atomic E-state index is 15.4. The number of aliphatic hydroxyl groups is 1. The minimum Gasteiger partial charge on any atom is -0.497 e. The molecule has 1 N–H and O–H groups in total. The van der Waals surface area contributed by atoms with Gasteiger partial charge in [0.25, 0.3) is 0 Å². The van der Waals surface area contributed by atoms with Crippen LogP contribution in [0.15, 0.2) is 30.4 Å². The predicted molar refractivity (Wildman–Crippen MR) is 123 cm³/mol. The molecule has 2 heterocycles. The zero-order valence-electron chi connectivity index (χ0n) is 20.4. The van der Waals surface area contributed by atoms with Crippen LogP contribution in [0.1, 0.15) is 50.0 Å². The molecule has 188 valence electrons. The summed E-state index contributed by atoms with van der Waals surface area (Å²) in [5.41, 5.74) is -1.51. The van der Waals surface area contributed by atoms with Gasteiger partial charge in [-0.2, -0.15) is 0 Å². The van der Waals surface area contributed by atoms with Crippen molar-refractivity contribution >= 4 is 12.0 Å². The minimum absolute atomic E-state index is 0.110. The van der Waals surface area contributed by atoms with Crippen molar-refractivity contribution < 1.29 is 42.7 Å². The zero-order chi connectivity index (χ0) is 25.1. The number of carbonyl (C=O) groups excluding carboxylic acids is 1. The van der Waals surface area contributed by atoms with Crippen LogP contribution in [0.2, 0.25) is 0 Å². The number of alkyl halides is 1. The average molecular weight is 481 g/mol. The van der Waals surface area contributed by atoms with Crippen LogP contribution in [0.3, 0.4) is 0 Å². The van der Waals surface area contributed by atoms with Crippen LogP contribution in [0.5, 0.6) is 11.5 Å². The van der Waals surface area contributed by atoms with E-state index in [0.29, 0.717) is 17.7 Å². The highest BCUT2D eigenvalue weighted by Crippen LogP contribution is 2.35. The summed E-state index contributed by atoms with van der Waals surface area (Å²) < 4.78 is 48.7. The van der Waals surface area contributed by atoms with Crippen molar-refractivity contribution in [2.45, 2.75) is 70.0 Å². The Morgan fingerprint density at radius 2 is 1.94 bits per heavy atom. The van der Waals surface area contributed by atoms with E-state index >= 15 is 4.39 Å². The molecule has 8 nitrogen and oxygen atoms in total. The van der Waals surface area contributed by atoms with Crippen LogP contribution in [0, 0.1) is 0 Å². The summed E-state index contributed by atoms with van der Waals surface area (Å²) >= 11 is 0. The fraction of sp³-hybridized carbons (Fsp3) is 0.560. The lowest BCUT2D eigenvalue weighted by atomic mass is 9.97. The molecule has 1 fully saturated rings. The highest BCUT2D eigenvalue weighted by Gasteiger charge is 2.44. The van der Waals surface area contributed by atoms with Crippen molar-refractivity contribution in [3.05, 3.63) is 41.5 Å². The number of hydrogen-bond acceptors (Lipinski definition) is 8. The minimum atomic E-state index is -2.07. The Balaban J connectivity index is 2.10. The van der Waals surface area contributed by atoms with Crippen molar-refractivity contribution in [3.8, 4) is 11.5 Å². The number of cyclic esters (lactones) is 1. The number of hydrogen-bond donors (Lipinski definition) is 1. The van der Waals surface area contributed by atoms with Gasteiger partial charge in [-0.3, -0.25) is 0 Å². The number of halogens is 1. The van der Waals surface area contributed by atoms with Crippen molar-refractivity contribution in [1.82, 2.24) is 0 Å². The van der Waals surface area contributed by atoms with Crippen LogP contribution >= 0.6 is 0 Å². The number of esters is 1. The van der Waals surface area contributed by atoms with Gasteiger partial charge in [0, 0.05) is 13.2 Å². The Morgan fingerprint density at radius 3 is 2.62 bits per heavy atom. The molecule has 5 atom stereocenters. The molecule has 2 aliphatic rings. The summed E-state index contributed by atoms with van der Waals surface area (Å²) in [6, 6.07) is 3.19. The first kappa shape index (κ1) is 26.2. The molecule has 0 amide bonds. The van der Waals surface area contributed by atoms with Gasteiger partial charge in [-0.05, 0) is 51.8 Å². The predicted octanol–water partition coefficient (Wildman–Crippen LogP) is 3.81. The zero-order valence-corrected chi connectivity index (χ0v) is 20.4. The maximum absolute atomic E-state index is 15.4. The average Bonchev–Trinajstić information content (AvgIpc) is 3.09. The number of benzene rings is 1. The van der Waals surface area contributed by atoms with Crippen LogP contribution in [0.25, 0.3) is 6.08 Å². The normalized spacial score (nSPS) is 32.2. The lowest BCUT2D eigenvalue weighted by Gasteiger charge is -2.26. The molecular weight excluding hydrogens is 447 g/mol. The van der Waals surface area contributed by atoms with Gasteiger partial charge in [-0.1, -0.05) is 18.2 Å². The molecule has 1 aromatic carbocycles. The molecule has 9 heteroatoms. The van der Waals surface area contributed by atoms with Crippen molar-refractivity contribution in [2.24, 2.45) is 0 Å². The lowest BCUT2D eigenvalue weighted by molar-refractivity contribution is -0.152. The summed E-state index contributed by atoms with van der Waals surface area (Å²) in [7, 11) is 2.95. The summed E-state index contributed by atoms with van der Waals surface area (Å²) in [4.78, 5) is 13.2. The first-order chi connectivity index (χ1) is 16.0. The van der Waals surface area contributed by atoms with E-state index < -0.39 is 41.8 Å². The summed E-state index contributed by atoms with van der Waals surface area (Å²) in [5, 5.41) is 10.7. The summed E-state index contributed by atoms with van der Waals surface area (Å²) in [6.45, 7) is 6.10. The van der Waals surface area contributed by atoms with E-state index in [1.807, 2.05) is 0 Å². The van der Waals surface area contributed by atoms with Gasteiger partial charge >= 0.3 is 5.97 Å². The smallest absolute Gasteiger partial charge is 0.342 e. The molecule has 0 spiro atoms. The molecule has 1 aromatic rings. The molecule has 4 unspecified atom stereocenters. The van der Waals surface area contributed by atoms with Gasteiger partial charge < -0.3 is 33.5 Å². The fourth-order valence-electron chi connectivity index (χ4n) is 3.85. The Kier molecular flexibility index (Phi) is 8.02. The number of carbonyl (C=O) groups is 1. The largest absolute Gasteiger partial charge is 0.497 e. The fourth-order valence-corrected chi connectivity index (χ4v) is 3.85. The number of fused-ring (bicyclic) bond motifs is 2. The number of rotatable bonds is 4. The van der Waals surface area contributed by atoms with E-state index in [2.05, 4.69) is 0 Å². The SMILES string of the molecule is COCOc1cc(OC)cc2c1C(=O)OC(C)C(C)(F)/C=C\C(O)C1OC(C)(C)O[C@H]1CC=C2. The van der Waals surface area contributed by atoms with E-state index in [0.717, 1.165) is 0 Å². The third-order valence-corrected chi connectivity index (χ3v) is 5.80. The summed E-state index contributed by atoms with van der Waals surface area (Å²) in [6.07, 6.45) is 2.87. The van der Waals surface area contributed by atoms with E-state index in [4.69, 9.17) is 28.4 Å². The van der Waals surface area contributed by atoms with Gasteiger partial charge in [0.15, 0.2) is 18.2 Å². The molecular formula is C25H33FO8. The molecule has 34 heavy (non-hydrogen) atoms. The Bertz CT molecular complexity index is 939. The number of ether oxygens (including phenoxy) is 6. The van der Waals surface area contributed by atoms with Gasteiger partial charge in [-0.15, -0.1) is 0 Å². The van der Waals surface area contributed by atoms with Crippen molar-refractivity contribution in [1.29, 1.82) is 0 Å². The lowest BCUT2D eigenvalue weighted by Crippen LogP contribution is -2.37. The van der Waals surface area contributed by atoms with Gasteiger partial charge in [0.1, 0.15) is 35.4 Å². The molecule has 1 saturated heterocycles. The number of aliphatic hydroxyl groups excluding tert-OH is 1. The second kappa shape index (κ2) is 10.4. The van der Waals surface area contributed by atoms with Gasteiger partial charge in [0.05, 0.1) is 13.2 Å². The molecule has 3 rings (SSSR count). The summed E-state index contributed by atoms with van der Waals surface area (Å²) in [5.74, 6) is -1.06. The maximum Gasteiger partial charge on any atom is 0.342 e. The van der Waals surface area contributed by atoms with E-state index in [9.17, 15) is 9.90 Å².